The van der Waals surface area contributed by atoms with Crippen molar-refractivity contribution in [3.05, 3.63) is 28.6 Å². The molecule has 0 unspecified atom stereocenters. The summed E-state index contributed by atoms with van der Waals surface area (Å²) in [5, 5.41) is 0.862. The highest BCUT2D eigenvalue weighted by Crippen LogP contribution is 2.36. The Kier molecular flexibility index (Phi) is 6.34. The van der Waals surface area contributed by atoms with Crippen molar-refractivity contribution in [1.29, 1.82) is 0 Å². The number of hydrogen-bond donors (Lipinski definition) is 0. The maximum Gasteiger partial charge on any atom is 0.297 e. The fourth-order valence-corrected chi connectivity index (χ4v) is 2.74. The molecule has 2 rings (SSSR count). The van der Waals surface area contributed by atoms with E-state index in [1.54, 1.807) is 11.7 Å². The Bertz CT molecular complexity index is 777. The molecule has 25 heavy (non-hydrogen) atoms. The van der Waals surface area contributed by atoms with E-state index in [0.717, 1.165) is 23.7 Å². The van der Waals surface area contributed by atoms with Crippen LogP contribution in [0.4, 0.5) is 0 Å². The van der Waals surface area contributed by atoms with Gasteiger partial charge in [-0.05, 0) is 46.2 Å². The van der Waals surface area contributed by atoms with Crippen molar-refractivity contribution in [3.8, 4) is 17.2 Å². The zero-order chi connectivity index (χ0) is 18.6. The van der Waals surface area contributed by atoms with E-state index in [9.17, 15) is 4.79 Å². The summed E-state index contributed by atoms with van der Waals surface area (Å²) in [7, 11) is 1.62. The molecule has 0 saturated carbocycles. The number of methoxy groups -OCH3 is 1. The molecule has 0 spiro atoms. The van der Waals surface area contributed by atoms with Gasteiger partial charge in [0.05, 0.1) is 24.8 Å². The molecule has 0 aliphatic rings. The average molecular weight is 347 g/mol. The normalized spacial score (nSPS) is 11.4. The van der Waals surface area contributed by atoms with Crippen LogP contribution in [0.3, 0.4) is 0 Å². The number of rotatable bonds is 8. The molecule has 0 saturated heterocycles. The summed E-state index contributed by atoms with van der Waals surface area (Å²) in [6, 6.07) is 5.70. The summed E-state index contributed by atoms with van der Waals surface area (Å²) in [6.07, 6.45) is 1.74. The van der Waals surface area contributed by atoms with Gasteiger partial charge in [0, 0.05) is 18.0 Å². The lowest BCUT2D eigenvalue weighted by atomic mass is 10.1. The first-order valence-electron chi connectivity index (χ1n) is 8.96. The number of aryl methyl sites for hydroxylation is 1. The lowest BCUT2D eigenvalue weighted by Gasteiger charge is -2.21. The zero-order valence-corrected chi connectivity index (χ0v) is 16.1. The SMILES string of the molecule is CCCCn1c(=O)c(OC(C)C)c(OC(C)C)c2ccc(OC)cc21. The molecule has 0 atom stereocenters. The number of hydrogen-bond acceptors (Lipinski definition) is 4. The number of unbranched alkanes of at least 4 members (excludes halogenated alkanes) is 1. The molecule has 5 nitrogen and oxygen atoms in total. The van der Waals surface area contributed by atoms with E-state index < -0.39 is 0 Å². The van der Waals surface area contributed by atoms with Gasteiger partial charge in [0.25, 0.3) is 5.56 Å². The third-order valence-electron chi connectivity index (χ3n) is 3.83. The second-order valence-corrected chi connectivity index (χ2v) is 6.68. The molecule has 2 aromatic rings. The first-order valence-corrected chi connectivity index (χ1v) is 8.96. The molecule has 0 aliphatic heterocycles. The Morgan fingerprint density at radius 1 is 1.04 bits per heavy atom. The van der Waals surface area contributed by atoms with Crippen molar-refractivity contribution in [2.45, 2.75) is 66.2 Å². The van der Waals surface area contributed by atoms with Crippen molar-refractivity contribution in [1.82, 2.24) is 4.57 Å². The van der Waals surface area contributed by atoms with Crippen LogP contribution in [0, 0.1) is 0 Å². The van der Waals surface area contributed by atoms with Gasteiger partial charge in [-0.3, -0.25) is 4.79 Å². The highest BCUT2D eigenvalue weighted by molar-refractivity contribution is 5.89. The maximum absolute atomic E-state index is 13.1. The van der Waals surface area contributed by atoms with Crippen LogP contribution in [-0.2, 0) is 6.54 Å². The molecular formula is C20H29NO4. The predicted molar refractivity (Wildman–Crippen MR) is 101 cm³/mol. The van der Waals surface area contributed by atoms with Crippen LogP contribution in [0.1, 0.15) is 47.5 Å². The summed E-state index contributed by atoms with van der Waals surface area (Å²) in [6.45, 7) is 10.4. The number of benzene rings is 1. The second kappa shape index (κ2) is 8.28. The Balaban J connectivity index is 2.82. The third-order valence-corrected chi connectivity index (χ3v) is 3.83. The standard InChI is InChI=1S/C20H29NO4/c1-7-8-11-21-17-12-15(23-6)9-10-16(17)18(24-13(2)3)19(20(21)22)25-14(4)5/h9-10,12-14H,7-8,11H2,1-6H3. The Morgan fingerprint density at radius 3 is 2.24 bits per heavy atom. The summed E-state index contributed by atoms with van der Waals surface area (Å²) >= 11 is 0. The first kappa shape index (κ1) is 19.2. The molecular weight excluding hydrogens is 318 g/mol. The average Bonchev–Trinajstić information content (AvgIpc) is 2.56. The minimum atomic E-state index is -0.154. The minimum absolute atomic E-state index is 0.0642. The largest absolute Gasteiger partial charge is 0.497 e. The van der Waals surface area contributed by atoms with Crippen LogP contribution in [0.25, 0.3) is 10.9 Å². The van der Waals surface area contributed by atoms with Gasteiger partial charge in [0.2, 0.25) is 5.75 Å². The van der Waals surface area contributed by atoms with E-state index in [1.807, 2.05) is 45.9 Å². The second-order valence-electron chi connectivity index (χ2n) is 6.68. The van der Waals surface area contributed by atoms with Gasteiger partial charge >= 0.3 is 0 Å². The fourth-order valence-electron chi connectivity index (χ4n) is 2.74. The van der Waals surface area contributed by atoms with Crippen LogP contribution in [0.2, 0.25) is 0 Å². The summed E-state index contributed by atoms with van der Waals surface area (Å²) in [5.74, 6) is 1.52. The fraction of sp³-hybridized carbons (Fsp3) is 0.550. The minimum Gasteiger partial charge on any atom is -0.497 e. The van der Waals surface area contributed by atoms with Crippen molar-refractivity contribution in [2.75, 3.05) is 7.11 Å². The Hall–Kier alpha value is -2.17. The molecule has 1 aromatic carbocycles. The first-order chi connectivity index (χ1) is 11.9. The summed E-state index contributed by atoms with van der Waals surface area (Å²) in [5.41, 5.74) is 0.656. The number of ether oxygens (including phenoxy) is 3. The highest BCUT2D eigenvalue weighted by Gasteiger charge is 2.21. The number of nitrogens with zero attached hydrogens (tertiary/aromatic N) is 1. The lowest BCUT2D eigenvalue weighted by molar-refractivity contribution is 0.197. The van der Waals surface area contributed by atoms with E-state index in [1.165, 1.54) is 0 Å². The van der Waals surface area contributed by atoms with Gasteiger partial charge in [0.15, 0.2) is 5.75 Å². The topological polar surface area (TPSA) is 49.7 Å². The van der Waals surface area contributed by atoms with Crippen LogP contribution >= 0.6 is 0 Å². The van der Waals surface area contributed by atoms with Crippen LogP contribution in [-0.4, -0.2) is 23.9 Å². The lowest BCUT2D eigenvalue weighted by Crippen LogP contribution is -2.26. The molecule has 0 fully saturated rings. The van der Waals surface area contributed by atoms with Crippen molar-refractivity contribution in [3.63, 3.8) is 0 Å². The third kappa shape index (κ3) is 4.27. The van der Waals surface area contributed by atoms with Crippen LogP contribution < -0.4 is 19.8 Å². The molecule has 0 N–H and O–H groups in total. The van der Waals surface area contributed by atoms with E-state index in [-0.39, 0.29) is 23.5 Å². The molecule has 5 heteroatoms. The number of aromatic nitrogens is 1. The predicted octanol–water partition coefficient (Wildman–Crippen LogP) is 4.38. The van der Waals surface area contributed by atoms with Crippen molar-refractivity contribution in [2.24, 2.45) is 0 Å². The molecule has 0 amide bonds. The quantitative estimate of drug-likeness (QED) is 0.711. The van der Waals surface area contributed by atoms with E-state index >= 15 is 0 Å². The van der Waals surface area contributed by atoms with E-state index in [0.29, 0.717) is 18.0 Å². The molecule has 138 valence electrons. The number of fused-ring (bicyclic) bond motifs is 1. The molecule has 1 aromatic heterocycles. The van der Waals surface area contributed by atoms with E-state index in [4.69, 9.17) is 14.2 Å². The van der Waals surface area contributed by atoms with Gasteiger partial charge in [-0.15, -0.1) is 0 Å². The van der Waals surface area contributed by atoms with Gasteiger partial charge in [0.1, 0.15) is 5.75 Å². The number of pyridine rings is 1. The molecule has 0 bridgehead atoms. The Morgan fingerprint density at radius 2 is 1.68 bits per heavy atom. The monoisotopic (exact) mass is 347 g/mol. The maximum atomic E-state index is 13.1. The van der Waals surface area contributed by atoms with Crippen LogP contribution in [0.15, 0.2) is 23.0 Å². The molecule has 1 heterocycles. The molecule has 0 radical (unpaired) electrons. The van der Waals surface area contributed by atoms with Gasteiger partial charge in [-0.1, -0.05) is 13.3 Å². The van der Waals surface area contributed by atoms with Gasteiger partial charge in [-0.25, -0.2) is 0 Å². The smallest absolute Gasteiger partial charge is 0.297 e. The van der Waals surface area contributed by atoms with Crippen LogP contribution in [0.5, 0.6) is 17.2 Å². The van der Waals surface area contributed by atoms with E-state index in [2.05, 4.69) is 6.92 Å². The van der Waals surface area contributed by atoms with Gasteiger partial charge in [-0.2, -0.15) is 0 Å². The molecule has 0 aliphatic carbocycles. The van der Waals surface area contributed by atoms with Crippen molar-refractivity contribution < 1.29 is 14.2 Å². The zero-order valence-electron chi connectivity index (χ0n) is 16.1. The Labute approximate surface area is 149 Å². The summed E-state index contributed by atoms with van der Waals surface area (Å²) < 4.78 is 19.0. The van der Waals surface area contributed by atoms with Gasteiger partial charge < -0.3 is 18.8 Å². The summed E-state index contributed by atoms with van der Waals surface area (Å²) in [4.78, 5) is 13.1. The van der Waals surface area contributed by atoms with Crippen molar-refractivity contribution >= 4 is 10.9 Å². The highest BCUT2D eigenvalue weighted by atomic mass is 16.5.